The number of halogens is 1. The second-order valence-electron chi connectivity index (χ2n) is 5.82. The van der Waals surface area contributed by atoms with Crippen LogP contribution in [0.4, 0.5) is 4.39 Å². The van der Waals surface area contributed by atoms with Gasteiger partial charge in [-0.3, -0.25) is 9.69 Å². The molecule has 1 saturated heterocycles. The van der Waals surface area contributed by atoms with Crippen molar-refractivity contribution in [3.63, 3.8) is 0 Å². The molecule has 3 nitrogen and oxygen atoms in total. The summed E-state index contributed by atoms with van der Waals surface area (Å²) in [6.45, 7) is 2.62. The Balaban J connectivity index is 1.69. The van der Waals surface area contributed by atoms with Gasteiger partial charge in [0.05, 0.1) is 11.6 Å². The molecular weight excluding hydrogens is 311 g/mol. The van der Waals surface area contributed by atoms with E-state index in [1.165, 1.54) is 36.3 Å². The predicted octanol–water partition coefficient (Wildman–Crippen LogP) is 3.84. The summed E-state index contributed by atoms with van der Waals surface area (Å²) in [6.07, 6.45) is 3.67. The lowest BCUT2D eigenvalue weighted by molar-refractivity contribution is 0.0921. The number of likely N-dealkylation sites (tertiary alicyclic amines) is 1. The number of hydrogen-bond donors (Lipinski definition) is 1. The minimum Gasteiger partial charge on any atom is -0.350 e. The van der Waals surface area contributed by atoms with E-state index in [0.29, 0.717) is 6.54 Å². The number of nitrogens with one attached hydrogen (secondary N) is 1. The molecule has 0 spiro atoms. The van der Waals surface area contributed by atoms with Gasteiger partial charge in [-0.15, -0.1) is 11.3 Å². The first-order valence-electron chi connectivity index (χ1n) is 8.06. The van der Waals surface area contributed by atoms with Crippen LogP contribution >= 0.6 is 11.3 Å². The fraction of sp³-hybridized carbons (Fsp3) is 0.389. The van der Waals surface area contributed by atoms with Crippen molar-refractivity contribution < 1.29 is 9.18 Å². The SMILES string of the molecule is O=C(NC[C@H](c1cccs1)N1CCCCC1)c1ccccc1F. The third-order valence-corrected chi connectivity index (χ3v) is 5.25. The average Bonchev–Trinajstić information content (AvgIpc) is 3.10. The number of amides is 1. The summed E-state index contributed by atoms with van der Waals surface area (Å²) in [5.74, 6) is -0.822. The number of carbonyl (C=O) groups is 1. The highest BCUT2D eigenvalue weighted by Gasteiger charge is 2.24. The topological polar surface area (TPSA) is 32.3 Å². The molecule has 1 atom stereocenters. The van der Waals surface area contributed by atoms with Gasteiger partial charge in [0.2, 0.25) is 0 Å². The molecule has 122 valence electrons. The van der Waals surface area contributed by atoms with Gasteiger partial charge in [-0.25, -0.2) is 4.39 Å². The molecule has 3 rings (SSSR count). The van der Waals surface area contributed by atoms with Crippen LogP contribution in [0.3, 0.4) is 0 Å². The fourth-order valence-corrected chi connectivity index (χ4v) is 3.91. The molecule has 1 aliphatic heterocycles. The van der Waals surface area contributed by atoms with Gasteiger partial charge in [-0.05, 0) is 49.5 Å². The predicted molar refractivity (Wildman–Crippen MR) is 91.2 cm³/mol. The zero-order valence-corrected chi connectivity index (χ0v) is 13.8. The maximum Gasteiger partial charge on any atom is 0.254 e. The molecule has 0 radical (unpaired) electrons. The zero-order valence-electron chi connectivity index (χ0n) is 13.0. The van der Waals surface area contributed by atoms with E-state index in [-0.39, 0.29) is 17.5 Å². The third kappa shape index (κ3) is 3.98. The molecular formula is C18H21FN2OS. The lowest BCUT2D eigenvalue weighted by atomic mass is 10.1. The molecule has 1 aromatic heterocycles. The van der Waals surface area contributed by atoms with Gasteiger partial charge in [-0.1, -0.05) is 24.6 Å². The van der Waals surface area contributed by atoms with Crippen LogP contribution in [0, 0.1) is 5.82 Å². The second kappa shape index (κ2) is 7.70. The first-order valence-corrected chi connectivity index (χ1v) is 8.94. The normalized spacial score (nSPS) is 16.9. The Kier molecular flexibility index (Phi) is 5.41. The van der Waals surface area contributed by atoms with Crippen LogP contribution in [0.1, 0.15) is 40.5 Å². The molecule has 1 N–H and O–H groups in total. The van der Waals surface area contributed by atoms with Crippen LogP contribution in [0.15, 0.2) is 41.8 Å². The number of hydrogen-bond acceptors (Lipinski definition) is 3. The van der Waals surface area contributed by atoms with E-state index in [1.54, 1.807) is 23.5 Å². The third-order valence-electron chi connectivity index (χ3n) is 4.28. The summed E-state index contributed by atoms with van der Waals surface area (Å²) in [7, 11) is 0. The van der Waals surface area contributed by atoms with Crippen molar-refractivity contribution in [2.24, 2.45) is 0 Å². The molecule has 23 heavy (non-hydrogen) atoms. The van der Waals surface area contributed by atoms with Gasteiger partial charge in [0.25, 0.3) is 5.91 Å². The standard InChI is InChI=1S/C18H21FN2OS/c19-15-8-3-2-7-14(15)18(22)20-13-16(17-9-6-12-23-17)21-10-4-1-5-11-21/h2-3,6-9,12,16H,1,4-5,10-11,13H2,(H,20,22)/t16-/m1/s1. The first kappa shape index (κ1) is 16.1. The minimum absolute atomic E-state index is 0.107. The molecule has 1 aliphatic rings. The molecule has 1 aromatic carbocycles. The summed E-state index contributed by atoms with van der Waals surface area (Å²) in [6, 6.07) is 10.4. The molecule has 0 unspecified atom stereocenters. The number of benzene rings is 1. The largest absolute Gasteiger partial charge is 0.350 e. The highest BCUT2D eigenvalue weighted by Crippen LogP contribution is 2.27. The van der Waals surface area contributed by atoms with Crippen molar-refractivity contribution in [3.8, 4) is 0 Å². The van der Waals surface area contributed by atoms with Crippen LogP contribution in [0.5, 0.6) is 0 Å². The Morgan fingerprint density at radius 3 is 2.65 bits per heavy atom. The van der Waals surface area contributed by atoms with E-state index in [1.807, 2.05) is 6.07 Å². The maximum atomic E-state index is 13.7. The van der Waals surface area contributed by atoms with E-state index in [9.17, 15) is 9.18 Å². The van der Waals surface area contributed by atoms with E-state index in [2.05, 4.69) is 21.7 Å². The monoisotopic (exact) mass is 332 g/mol. The Bertz CT molecular complexity index is 638. The lowest BCUT2D eigenvalue weighted by Crippen LogP contribution is -2.40. The molecule has 2 heterocycles. The molecule has 0 saturated carbocycles. The Labute approximate surface area is 140 Å². The maximum absolute atomic E-state index is 13.7. The summed E-state index contributed by atoms with van der Waals surface area (Å²) in [5.41, 5.74) is 0.107. The van der Waals surface area contributed by atoms with E-state index < -0.39 is 5.82 Å². The number of rotatable bonds is 5. The number of piperidine rings is 1. The van der Waals surface area contributed by atoms with Gasteiger partial charge >= 0.3 is 0 Å². The number of thiophene rings is 1. The quantitative estimate of drug-likeness (QED) is 0.902. The smallest absolute Gasteiger partial charge is 0.254 e. The Morgan fingerprint density at radius 2 is 1.96 bits per heavy atom. The van der Waals surface area contributed by atoms with Crippen LogP contribution in [0.25, 0.3) is 0 Å². The van der Waals surface area contributed by atoms with E-state index in [4.69, 9.17) is 0 Å². The Morgan fingerprint density at radius 1 is 1.17 bits per heavy atom. The summed E-state index contributed by atoms with van der Waals surface area (Å²) >= 11 is 1.71. The van der Waals surface area contributed by atoms with Gasteiger partial charge < -0.3 is 5.32 Å². The summed E-state index contributed by atoms with van der Waals surface area (Å²) in [4.78, 5) is 15.9. The molecule has 5 heteroatoms. The van der Waals surface area contributed by atoms with Gasteiger partial charge in [0, 0.05) is 11.4 Å². The van der Waals surface area contributed by atoms with Crippen molar-refractivity contribution >= 4 is 17.2 Å². The van der Waals surface area contributed by atoms with Crippen molar-refractivity contribution in [2.75, 3.05) is 19.6 Å². The minimum atomic E-state index is -0.476. The van der Waals surface area contributed by atoms with Crippen LogP contribution in [-0.4, -0.2) is 30.4 Å². The zero-order chi connectivity index (χ0) is 16.1. The van der Waals surface area contributed by atoms with Crippen molar-refractivity contribution in [1.82, 2.24) is 10.2 Å². The fourth-order valence-electron chi connectivity index (χ4n) is 3.05. The molecule has 0 bridgehead atoms. The number of carbonyl (C=O) groups excluding carboxylic acids is 1. The summed E-state index contributed by atoms with van der Waals surface area (Å²) < 4.78 is 13.7. The molecule has 1 fully saturated rings. The van der Waals surface area contributed by atoms with Gasteiger partial charge in [-0.2, -0.15) is 0 Å². The van der Waals surface area contributed by atoms with Crippen molar-refractivity contribution in [3.05, 3.63) is 58.0 Å². The number of nitrogens with zero attached hydrogens (tertiary/aromatic N) is 1. The molecule has 2 aromatic rings. The van der Waals surface area contributed by atoms with Gasteiger partial charge in [0.1, 0.15) is 5.82 Å². The van der Waals surface area contributed by atoms with E-state index >= 15 is 0 Å². The highest BCUT2D eigenvalue weighted by atomic mass is 32.1. The second-order valence-corrected chi connectivity index (χ2v) is 6.80. The average molecular weight is 332 g/mol. The first-order chi connectivity index (χ1) is 11.3. The van der Waals surface area contributed by atoms with Crippen molar-refractivity contribution in [1.29, 1.82) is 0 Å². The van der Waals surface area contributed by atoms with Crippen molar-refractivity contribution in [2.45, 2.75) is 25.3 Å². The molecule has 0 aliphatic carbocycles. The Hall–Kier alpha value is -1.72. The van der Waals surface area contributed by atoms with Crippen LogP contribution < -0.4 is 5.32 Å². The highest BCUT2D eigenvalue weighted by molar-refractivity contribution is 7.10. The lowest BCUT2D eigenvalue weighted by Gasteiger charge is -2.34. The van der Waals surface area contributed by atoms with Gasteiger partial charge in [0.15, 0.2) is 0 Å². The van der Waals surface area contributed by atoms with Crippen LogP contribution in [0.2, 0.25) is 0 Å². The summed E-state index contributed by atoms with van der Waals surface area (Å²) in [5, 5.41) is 4.97. The molecule has 1 amide bonds. The van der Waals surface area contributed by atoms with E-state index in [0.717, 1.165) is 13.1 Å². The van der Waals surface area contributed by atoms with Crippen LogP contribution in [-0.2, 0) is 0 Å².